The molecule has 0 aromatic carbocycles. The summed E-state index contributed by atoms with van der Waals surface area (Å²) >= 11 is 0. The molecule has 2 rings (SSSR count). The molecule has 0 aromatic heterocycles. The lowest BCUT2D eigenvalue weighted by Gasteiger charge is -2.35. The highest BCUT2D eigenvalue weighted by atomic mass is 16.2. The fraction of sp³-hybridized carbons (Fsp3) is 0.917. The SMILES string of the molecule is CN(C)CCN1CCN(C(=O)C2CC2)CC1. The van der Waals surface area contributed by atoms with Crippen LogP contribution in [0, 0.1) is 5.92 Å². The topological polar surface area (TPSA) is 26.8 Å². The Labute approximate surface area is 98.2 Å². The van der Waals surface area contributed by atoms with Gasteiger partial charge in [-0.1, -0.05) is 0 Å². The molecule has 0 N–H and O–H groups in total. The quantitative estimate of drug-likeness (QED) is 0.679. The van der Waals surface area contributed by atoms with E-state index in [4.69, 9.17) is 0 Å². The van der Waals surface area contributed by atoms with Gasteiger partial charge in [-0.3, -0.25) is 9.69 Å². The molecule has 16 heavy (non-hydrogen) atoms. The van der Waals surface area contributed by atoms with E-state index < -0.39 is 0 Å². The maximum Gasteiger partial charge on any atom is 0.225 e. The molecule has 1 heterocycles. The van der Waals surface area contributed by atoms with Crippen LogP contribution in [0.5, 0.6) is 0 Å². The Kier molecular flexibility index (Phi) is 3.82. The molecule has 92 valence electrons. The Morgan fingerprint density at radius 3 is 2.31 bits per heavy atom. The highest BCUT2D eigenvalue weighted by molar-refractivity contribution is 5.81. The van der Waals surface area contributed by atoms with Crippen molar-refractivity contribution >= 4 is 5.91 Å². The number of hydrogen-bond donors (Lipinski definition) is 0. The summed E-state index contributed by atoms with van der Waals surface area (Å²) in [7, 11) is 4.21. The first kappa shape index (κ1) is 11.9. The van der Waals surface area contributed by atoms with Gasteiger partial charge in [0.2, 0.25) is 5.91 Å². The Morgan fingerprint density at radius 2 is 1.81 bits per heavy atom. The lowest BCUT2D eigenvalue weighted by molar-refractivity contribution is -0.134. The van der Waals surface area contributed by atoms with Crippen molar-refractivity contribution in [1.29, 1.82) is 0 Å². The second kappa shape index (κ2) is 5.15. The van der Waals surface area contributed by atoms with Gasteiger partial charge in [0.25, 0.3) is 0 Å². The van der Waals surface area contributed by atoms with Gasteiger partial charge in [-0.25, -0.2) is 0 Å². The average molecular weight is 225 g/mol. The Bertz CT molecular complexity index is 243. The molecule has 1 amide bonds. The van der Waals surface area contributed by atoms with Crippen molar-refractivity contribution in [2.75, 3.05) is 53.4 Å². The molecule has 1 saturated heterocycles. The number of carbonyl (C=O) groups excluding carboxylic acids is 1. The lowest BCUT2D eigenvalue weighted by atomic mass is 10.2. The molecule has 1 aliphatic heterocycles. The summed E-state index contributed by atoms with van der Waals surface area (Å²) < 4.78 is 0. The third-order valence-corrected chi connectivity index (χ3v) is 3.47. The molecular formula is C12H23N3O. The van der Waals surface area contributed by atoms with Crippen LogP contribution in [0.2, 0.25) is 0 Å². The van der Waals surface area contributed by atoms with E-state index in [1.54, 1.807) is 0 Å². The van der Waals surface area contributed by atoms with Gasteiger partial charge in [0, 0.05) is 45.2 Å². The molecule has 2 fully saturated rings. The summed E-state index contributed by atoms with van der Waals surface area (Å²) in [6.07, 6.45) is 2.25. The van der Waals surface area contributed by atoms with Crippen LogP contribution in [0.4, 0.5) is 0 Å². The van der Waals surface area contributed by atoms with Crippen molar-refractivity contribution in [3.8, 4) is 0 Å². The van der Waals surface area contributed by atoms with Crippen molar-refractivity contribution in [2.45, 2.75) is 12.8 Å². The molecule has 0 unspecified atom stereocenters. The largest absolute Gasteiger partial charge is 0.340 e. The highest BCUT2D eigenvalue weighted by Crippen LogP contribution is 2.31. The molecule has 0 radical (unpaired) electrons. The van der Waals surface area contributed by atoms with Crippen LogP contribution < -0.4 is 0 Å². The molecule has 0 aromatic rings. The normalized spacial score (nSPS) is 22.8. The van der Waals surface area contributed by atoms with Crippen molar-refractivity contribution in [3.63, 3.8) is 0 Å². The van der Waals surface area contributed by atoms with Gasteiger partial charge in [0.1, 0.15) is 0 Å². The second-order valence-corrected chi connectivity index (χ2v) is 5.24. The molecule has 0 spiro atoms. The van der Waals surface area contributed by atoms with E-state index >= 15 is 0 Å². The number of rotatable bonds is 4. The zero-order chi connectivity index (χ0) is 11.5. The molecule has 0 atom stereocenters. The number of carbonyl (C=O) groups is 1. The molecule has 1 aliphatic carbocycles. The third kappa shape index (κ3) is 3.19. The zero-order valence-corrected chi connectivity index (χ0v) is 10.5. The van der Waals surface area contributed by atoms with E-state index in [-0.39, 0.29) is 0 Å². The lowest BCUT2D eigenvalue weighted by Crippen LogP contribution is -2.50. The van der Waals surface area contributed by atoms with Crippen LogP contribution in [-0.4, -0.2) is 74.0 Å². The molecular weight excluding hydrogens is 202 g/mol. The Morgan fingerprint density at radius 1 is 1.19 bits per heavy atom. The maximum absolute atomic E-state index is 11.8. The van der Waals surface area contributed by atoms with Gasteiger partial charge in [0.15, 0.2) is 0 Å². The van der Waals surface area contributed by atoms with E-state index in [1.165, 1.54) is 0 Å². The van der Waals surface area contributed by atoms with Gasteiger partial charge in [0.05, 0.1) is 0 Å². The number of nitrogens with zero attached hydrogens (tertiary/aromatic N) is 3. The van der Waals surface area contributed by atoms with Gasteiger partial charge < -0.3 is 9.80 Å². The minimum atomic E-state index is 0.383. The standard InChI is InChI=1S/C12H23N3O/c1-13(2)5-6-14-7-9-15(10-8-14)12(16)11-3-4-11/h11H,3-10H2,1-2H3. The van der Waals surface area contributed by atoms with E-state index in [0.717, 1.165) is 52.1 Å². The summed E-state index contributed by atoms with van der Waals surface area (Å²) in [5, 5.41) is 0. The van der Waals surface area contributed by atoms with Crippen molar-refractivity contribution in [2.24, 2.45) is 5.92 Å². The Balaban J connectivity index is 1.67. The first-order valence-electron chi connectivity index (χ1n) is 6.32. The van der Waals surface area contributed by atoms with Crippen LogP contribution in [0.15, 0.2) is 0 Å². The summed E-state index contributed by atoms with van der Waals surface area (Å²) in [4.78, 5) is 18.6. The minimum Gasteiger partial charge on any atom is -0.340 e. The van der Waals surface area contributed by atoms with Crippen molar-refractivity contribution in [3.05, 3.63) is 0 Å². The second-order valence-electron chi connectivity index (χ2n) is 5.24. The maximum atomic E-state index is 11.8. The smallest absolute Gasteiger partial charge is 0.225 e. The molecule has 0 bridgehead atoms. The number of likely N-dealkylation sites (N-methyl/N-ethyl adjacent to an activating group) is 1. The zero-order valence-electron chi connectivity index (χ0n) is 10.5. The fourth-order valence-corrected chi connectivity index (χ4v) is 2.12. The Hall–Kier alpha value is -0.610. The van der Waals surface area contributed by atoms with Crippen LogP contribution in [0.3, 0.4) is 0 Å². The van der Waals surface area contributed by atoms with Crippen molar-refractivity contribution < 1.29 is 4.79 Å². The van der Waals surface area contributed by atoms with Crippen LogP contribution in [0.1, 0.15) is 12.8 Å². The number of hydrogen-bond acceptors (Lipinski definition) is 3. The van der Waals surface area contributed by atoms with Crippen LogP contribution >= 0.6 is 0 Å². The molecule has 4 heteroatoms. The minimum absolute atomic E-state index is 0.383. The number of amides is 1. The van der Waals surface area contributed by atoms with Gasteiger partial charge in [-0.15, -0.1) is 0 Å². The average Bonchev–Trinajstić information content (AvgIpc) is 3.10. The monoisotopic (exact) mass is 225 g/mol. The summed E-state index contributed by atoms with van der Waals surface area (Å²) in [5.74, 6) is 0.792. The first-order chi connectivity index (χ1) is 7.66. The van der Waals surface area contributed by atoms with Gasteiger partial charge >= 0.3 is 0 Å². The van der Waals surface area contributed by atoms with E-state index in [1.807, 2.05) is 0 Å². The van der Waals surface area contributed by atoms with E-state index in [0.29, 0.717) is 11.8 Å². The highest BCUT2D eigenvalue weighted by Gasteiger charge is 2.34. The van der Waals surface area contributed by atoms with Gasteiger partial charge in [-0.2, -0.15) is 0 Å². The molecule has 4 nitrogen and oxygen atoms in total. The van der Waals surface area contributed by atoms with E-state index in [2.05, 4.69) is 28.8 Å². The number of piperazine rings is 1. The predicted molar refractivity (Wildman–Crippen MR) is 64.3 cm³/mol. The summed E-state index contributed by atoms with van der Waals surface area (Å²) in [6.45, 7) is 6.19. The van der Waals surface area contributed by atoms with Crippen molar-refractivity contribution in [1.82, 2.24) is 14.7 Å². The summed E-state index contributed by atoms with van der Waals surface area (Å²) in [6, 6.07) is 0. The van der Waals surface area contributed by atoms with Crippen LogP contribution in [0.25, 0.3) is 0 Å². The first-order valence-corrected chi connectivity index (χ1v) is 6.32. The molecule has 1 saturated carbocycles. The predicted octanol–water partition coefficient (Wildman–Crippen LogP) is 0.102. The van der Waals surface area contributed by atoms with E-state index in [9.17, 15) is 4.79 Å². The van der Waals surface area contributed by atoms with Crippen LogP contribution in [-0.2, 0) is 4.79 Å². The fourth-order valence-electron chi connectivity index (χ4n) is 2.12. The molecule has 2 aliphatic rings. The van der Waals surface area contributed by atoms with Gasteiger partial charge in [-0.05, 0) is 26.9 Å². The summed E-state index contributed by atoms with van der Waals surface area (Å²) in [5.41, 5.74) is 0. The third-order valence-electron chi connectivity index (χ3n) is 3.47.